The minimum absolute atomic E-state index is 0.238. The lowest BCUT2D eigenvalue weighted by molar-refractivity contribution is -0.137. The first-order valence-corrected chi connectivity index (χ1v) is 10.9. The first-order valence-electron chi connectivity index (χ1n) is 10.9. The smallest absolute Gasteiger partial charge is 0.368 e. The quantitative estimate of drug-likeness (QED) is 0.370. The van der Waals surface area contributed by atoms with Gasteiger partial charge in [0.25, 0.3) is 0 Å². The lowest BCUT2D eigenvalue weighted by atomic mass is 9.93. The fourth-order valence-electron chi connectivity index (χ4n) is 3.90. The zero-order valence-corrected chi connectivity index (χ0v) is 19.1. The van der Waals surface area contributed by atoms with Crippen molar-refractivity contribution in [3.63, 3.8) is 0 Å². The average molecular weight is 474 g/mol. The van der Waals surface area contributed by atoms with Crippen molar-refractivity contribution in [2.24, 2.45) is 0 Å². The first-order chi connectivity index (χ1) is 16.0. The van der Waals surface area contributed by atoms with Crippen molar-refractivity contribution in [3.8, 4) is 22.5 Å². The van der Waals surface area contributed by atoms with Crippen molar-refractivity contribution >= 4 is 17.0 Å². The van der Waals surface area contributed by atoms with Crippen LogP contribution in [-0.4, -0.2) is 37.2 Å². The molecule has 0 spiro atoms. The standard InChI is InChI=1S/C16H11F3N6O.C7H15N/c1-7-10(6-26-25-7)12-3-2-8-9(4-21-14(8)23-12)13-11(16(17,18)19)5-22-15(20)24-13;1-7(2)5-3-4-6-8-7/h2-6H,1H3,(H,21,23)(H2,20,22,24);8H,3-6H2,1-2H3. The number of halogens is 3. The molecule has 0 atom stereocenters. The number of aromatic nitrogens is 5. The van der Waals surface area contributed by atoms with E-state index in [1.54, 1.807) is 19.1 Å². The Morgan fingerprint density at radius 1 is 1.12 bits per heavy atom. The summed E-state index contributed by atoms with van der Waals surface area (Å²) in [5.74, 6) is -0.243. The molecule has 34 heavy (non-hydrogen) atoms. The highest BCUT2D eigenvalue weighted by molar-refractivity contribution is 5.94. The van der Waals surface area contributed by atoms with Crippen LogP contribution in [0.4, 0.5) is 19.1 Å². The number of hydrogen-bond donors (Lipinski definition) is 3. The van der Waals surface area contributed by atoms with Crippen LogP contribution in [0.3, 0.4) is 0 Å². The van der Waals surface area contributed by atoms with Crippen molar-refractivity contribution in [2.75, 3.05) is 12.3 Å². The molecule has 1 saturated heterocycles. The molecule has 4 aromatic rings. The third-order valence-electron chi connectivity index (χ3n) is 5.76. The van der Waals surface area contributed by atoms with E-state index in [1.165, 1.54) is 38.3 Å². The van der Waals surface area contributed by atoms with E-state index >= 15 is 0 Å². The van der Waals surface area contributed by atoms with E-state index in [-0.39, 0.29) is 17.2 Å². The molecule has 0 amide bonds. The molecular weight excluding hydrogens is 447 g/mol. The van der Waals surface area contributed by atoms with Gasteiger partial charge in [-0.05, 0) is 52.3 Å². The lowest BCUT2D eigenvalue weighted by Gasteiger charge is -2.30. The average Bonchev–Trinajstić information content (AvgIpc) is 3.38. The summed E-state index contributed by atoms with van der Waals surface area (Å²) in [5, 5.41) is 7.73. The number of nitrogens with zero attached hydrogens (tertiary/aromatic N) is 4. The summed E-state index contributed by atoms with van der Waals surface area (Å²) in [5.41, 5.74) is 7.25. The number of aromatic amines is 1. The second kappa shape index (κ2) is 9.05. The number of nitrogens with one attached hydrogen (secondary N) is 2. The van der Waals surface area contributed by atoms with Crippen molar-refractivity contribution in [1.29, 1.82) is 0 Å². The van der Waals surface area contributed by atoms with Crippen LogP contribution in [0, 0.1) is 6.92 Å². The highest BCUT2D eigenvalue weighted by Gasteiger charge is 2.36. The van der Waals surface area contributed by atoms with Gasteiger partial charge in [-0.2, -0.15) is 13.2 Å². The van der Waals surface area contributed by atoms with E-state index in [4.69, 9.17) is 10.3 Å². The van der Waals surface area contributed by atoms with Crippen molar-refractivity contribution in [2.45, 2.75) is 51.7 Å². The topological polar surface area (TPSA) is 119 Å². The van der Waals surface area contributed by atoms with Crippen LogP contribution in [0.5, 0.6) is 0 Å². The number of anilines is 1. The number of hydrogen-bond acceptors (Lipinski definition) is 7. The summed E-state index contributed by atoms with van der Waals surface area (Å²) in [4.78, 5) is 14.6. The second-order valence-corrected chi connectivity index (χ2v) is 8.86. The summed E-state index contributed by atoms with van der Waals surface area (Å²) in [6.07, 6.45) is 3.05. The van der Waals surface area contributed by atoms with E-state index in [0.29, 0.717) is 39.7 Å². The first kappa shape index (κ1) is 23.7. The maximum absolute atomic E-state index is 13.3. The largest absolute Gasteiger partial charge is 0.419 e. The third kappa shape index (κ3) is 5.04. The molecule has 1 fully saturated rings. The molecule has 11 heteroatoms. The lowest BCUT2D eigenvalue weighted by Crippen LogP contribution is -2.42. The zero-order chi connectivity index (χ0) is 24.5. The molecule has 180 valence electrons. The summed E-state index contributed by atoms with van der Waals surface area (Å²) in [7, 11) is 0. The Hall–Kier alpha value is -3.47. The summed E-state index contributed by atoms with van der Waals surface area (Å²) in [6, 6.07) is 3.34. The molecule has 0 aromatic carbocycles. The zero-order valence-electron chi connectivity index (χ0n) is 19.1. The molecule has 0 bridgehead atoms. The Morgan fingerprint density at radius 2 is 1.91 bits per heavy atom. The van der Waals surface area contributed by atoms with Crippen molar-refractivity contribution in [3.05, 3.63) is 42.0 Å². The molecule has 5 heterocycles. The third-order valence-corrected chi connectivity index (χ3v) is 5.76. The molecule has 0 unspecified atom stereocenters. The molecule has 1 aliphatic rings. The highest BCUT2D eigenvalue weighted by Crippen LogP contribution is 2.38. The van der Waals surface area contributed by atoms with E-state index < -0.39 is 11.7 Å². The number of rotatable bonds is 2. The Morgan fingerprint density at radius 3 is 2.50 bits per heavy atom. The van der Waals surface area contributed by atoms with Crippen molar-refractivity contribution in [1.82, 2.24) is 30.4 Å². The minimum Gasteiger partial charge on any atom is -0.368 e. The number of aryl methyl sites for hydroxylation is 1. The Labute approximate surface area is 194 Å². The molecule has 0 radical (unpaired) electrons. The van der Waals surface area contributed by atoms with Crippen LogP contribution < -0.4 is 11.1 Å². The van der Waals surface area contributed by atoms with Crippen LogP contribution in [0.15, 0.2) is 35.3 Å². The van der Waals surface area contributed by atoms with Gasteiger partial charge in [0.05, 0.1) is 22.6 Å². The molecule has 1 aliphatic heterocycles. The van der Waals surface area contributed by atoms with E-state index in [0.717, 1.165) is 0 Å². The summed E-state index contributed by atoms with van der Waals surface area (Å²) < 4.78 is 44.8. The van der Waals surface area contributed by atoms with Crippen LogP contribution in [0.2, 0.25) is 0 Å². The van der Waals surface area contributed by atoms with Crippen LogP contribution in [0.1, 0.15) is 44.4 Å². The Kier molecular flexibility index (Phi) is 6.30. The number of nitrogens with two attached hydrogens (primary N) is 1. The van der Waals surface area contributed by atoms with Gasteiger partial charge < -0.3 is 20.6 Å². The van der Waals surface area contributed by atoms with Crippen LogP contribution in [0.25, 0.3) is 33.5 Å². The maximum atomic E-state index is 13.3. The normalized spacial score (nSPS) is 15.7. The molecular formula is C23H26F3N7O. The van der Waals surface area contributed by atoms with Gasteiger partial charge in [0.2, 0.25) is 5.95 Å². The summed E-state index contributed by atoms with van der Waals surface area (Å²) in [6.45, 7) is 7.52. The van der Waals surface area contributed by atoms with Gasteiger partial charge in [-0.1, -0.05) is 11.6 Å². The number of alkyl halides is 3. The Bertz CT molecular complexity index is 1290. The molecule has 0 aliphatic carbocycles. The van der Waals surface area contributed by atoms with Crippen LogP contribution in [-0.2, 0) is 6.18 Å². The molecule has 4 aromatic heterocycles. The van der Waals surface area contributed by atoms with Gasteiger partial charge in [-0.25, -0.2) is 15.0 Å². The summed E-state index contributed by atoms with van der Waals surface area (Å²) >= 11 is 0. The predicted molar refractivity (Wildman–Crippen MR) is 123 cm³/mol. The number of piperidine rings is 1. The second-order valence-electron chi connectivity index (χ2n) is 8.86. The molecule has 0 saturated carbocycles. The van der Waals surface area contributed by atoms with Gasteiger partial charge in [0.1, 0.15) is 17.5 Å². The SMILES string of the molecule is CC1(C)CCCCN1.Cc1nocc1-c1ccc2c(-c3nc(N)ncc3C(F)(F)F)c[nH]c2n1. The van der Waals surface area contributed by atoms with Gasteiger partial charge in [0, 0.05) is 28.9 Å². The van der Waals surface area contributed by atoms with Gasteiger partial charge in [-0.3, -0.25) is 0 Å². The van der Waals surface area contributed by atoms with E-state index in [1.807, 2.05) is 0 Å². The van der Waals surface area contributed by atoms with Crippen molar-refractivity contribution < 1.29 is 17.7 Å². The van der Waals surface area contributed by atoms with Gasteiger partial charge in [0.15, 0.2) is 0 Å². The monoisotopic (exact) mass is 473 g/mol. The van der Waals surface area contributed by atoms with Crippen LogP contribution >= 0.6 is 0 Å². The molecule has 5 rings (SSSR count). The fraction of sp³-hybridized carbons (Fsp3) is 0.391. The van der Waals surface area contributed by atoms with E-state index in [2.05, 4.69) is 44.3 Å². The Balaban J connectivity index is 0.000000291. The van der Waals surface area contributed by atoms with Gasteiger partial charge >= 0.3 is 6.18 Å². The number of pyridine rings is 1. The fourth-order valence-corrected chi connectivity index (χ4v) is 3.90. The maximum Gasteiger partial charge on any atom is 0.419 e. The van der Waals surface area contributed by atoms with Gasteiger partial charge in [-0.15, -0.1) is 0 Å². The highest BCUT2D eigenvalue weighted by atomic mass is 19.4. The number of nitrogen functional groups attached to an aromatic ring is 1. The molecule has 4 N–H and O–H groups in total. The number of H-pyrrole nitrogens is 1. The van der Waals surface area contributed by atoms with E-state index in [9.17, 15) is 13.2 Å². The number of fused-ring (bicyclic) bond motifs is 1. The molecule has 8 nitrogen and oxygen atoms in total. The minimum atomic E-state index is -4.61. The predicted octanol–water partition coefficient (Wildman–Crippen LogP) is 5.12.